The van der Waals surface area contributed by atoms with Gasteiger partial charge in [0.15, 0.2) is 11.5 Å². The van der Waals surface area contributed by atoms with Crippen LogP contribution >= 0.6 is 0 Å². The molecule has 3 rings (SSSR count). The minimum absolute atomic E-state index is 0.170. The number of rotatable bonds is 4. The second-order valence-corrected chi connectivity index (χ2v) is 5.85. The Hall–Kier alpha value is -2.21. The van der Waals surface area contributed by atoms with E-state index < -0.39 is 11.7 Å². The standard InChI is InChI=1S/C19H20F3NO2/c1-3-25-18-15-10-11-23-17(14(15)8-9-16(18)24-2)12-4-6-13(7-5-12)19(20,21)22/h4-9,17,23H,3,10-11H2,1-2H3. The number of alkyl halides is 3. The molecule has 1 atom stereocenters. The smallest absolute Gasteiger partial charge is 0.416 e. The summed E-state index contributed by atoms with van der Waals surface area (Å²) in [4.78, 5) is 0. The highest BCUT2D eigenvalue weighted by Gasteiger charge is 2.31. The first-order chi connectivity index (χ1) is 12.0. The van der Waals surface area contributed by atoms with E-state index in [0.29, 0.717) is 18.9 Å². The number of ether oxygens (including phenoxy) is 2. The molecule has 6 heteroatoms. The van der Waals surface area contributed by atoms with Crippen LogP contribution in [-0.2, 0) is 12.6 Å². The van der Waals surface area contributed by atoms with Gasteiger partial charge in [-0.05, 0) is 42.7 Å². The van der Waals surface area contributed by atoms with Crippen LogP contribution in [0.4, 0.5) is 13.2 Å². The molecule has 2 aromatic rings. The third-order valence-corrected chi connectivity index (χ3v) is 4.38. The fourth-order valence-corrected chi connectivity index (χ4v) is 3.23. The van der Waals surface area contributed by atoms with Gasteiger partial charge in [0.05, 0.1) is 25.3 Å². The normalized spacial score (nSPS) is 17.1. The van der Waals surface area contributed by atoms with Crippen molar-refractivity contribution >= 4 is 0 Å². The second kappa shape index (κ2) is 6.96. The van der Waals surface area contributed by atoms with Crippen molar-refractivity contribution in [2.24, 2.45) is 0 Å². The van der Waals surface area contributed by atoms with Crippen LogP contribution in [0.25, 0.3) is 0 Å². The number of nitrogens with one attached hydrogen (secondary N) is 1. The molecule has 1 N–H and O–H groups in total. The van der Waals surface area contributed by atoms with E-state index >= 15 is 0 Å². The highest BCUT2D eigenvalue weighted by molar-refractivity contribution is 5.54. The van der Waals surface area contributed by atoms with Crippen molar-refractivity contribution in [3.63, 3.8) is 0 Å². The van der Waals surface area contributed by atoms with Crippen LogP contribution in [0.2, 0.25) is 0 Å². The summed E-state index contributed by atoms with van der Waals surface area (Å²) in [6.45, 7) is 3.14. The first-order valence-electron chi connectivity index (χ1n) is 8.18. The van der Waals surface area contributed by atoms with Crippen molar-refractivity contribution < 1.29 is 22.6 Å². The van der Waals surface area contributed by atoms with Crippen molar-refractivity contribution in [1.29, 1.82) is 0 Å². The van der Waals surface area contributed by atoms with Crippen molar-refractivity contribution in [2.75, 3.05) is 20.3 Å². The number of hydrogen-bond acceptors (Lipinski definition) is 3. The van der Waals surface area contributed by atoms with Gasteiger partial charge >= 0.3 is 6.18 Å². The third kappa shape index (κ3) is 3.44. The number of fused-ring (bicyclic) bond motifs is 1. The Balaban J connectivity index is 2.00. The molecule has 0 amide bonds. The van der Waals surface area contributed by atoms with Crippen LogP contribution in [0.15, 0.2) is 36.4 Å². The van der Waals surface area contributed by atoms with Gasteiger partial charge in [-0.15, -0.1) is 0 Å². The predicted molar refractivity (Wildman–Crippen MR) is 89.2 cm³/mol. The van der Waals surface area contributed by atoms with Gasteiger partial charge in [0.1, 0.15) is 0 Å². The van der Waals surface area contributed by atoms with Crippen molar-refractivity contribution in [3.8, 4) is 11.5 Å². The lowest BCUT2D eigenvalue weighted by molar-refractivity contribution is -0.137. The van der Waals surface area contributed by atoms with Gasteiger partial charge in [0.2, 0.25) is 0 Å². The molecule has 0 radical (unpaired) electrons. The number of hydrogen-bond donors (Lipinski definition) is 1. The summed E-state index contributed by atoms with van der Waals surface area (Å²) >= 11 is 0. The lowest BCUT2D eigenvalue weighted by Crippen LogP contribution is -2.31. The first-order valence-corrected chi connectivity index (χ1v) is 8.18. The van der Waals surface area contributed by atoms with Gasteiger partial charge in [-0.3, -0.25) is 0 Å². The Labute approximate surface area is 144 Å². The Morgan fingerprint density at radius 1 is 1.12 bits per heavy atom. The van der Waals surface area contributed by atoms with E-state index in [0.717, 1.165) is 41.0 Å². The fourth-order valence-electron chi connectivity index (χ4n) is 3.23. The Kier molecular flexibility index (Phi) is 4.90. The molecule has 0 saturated carbocycles. The van der Waals surface area contributed by atoms with E-state index in [1.807, 2.05) is 19.1 Å². The zero-order valence-electron chi connectivity index (χ0n) is 14.1. The lowest BCUT2D eigenvalue weighted by Gasteiger charge is -2.29. The monoisotopic (exact) mass is 351 g/mol. The topological polar surface area (TPSA) is 30.5 Å². The summed E-state index contributed by atoms with van der Waals surface area (Å²) in [5.74, 6) is 1.40. The average molecular weight is 351 g/mol. The lowest BCUT2D eigenvalue weighted by atomic mass is 9.88. The molecule has 3 nitrogen and oxygen atoms in total. The van der Waals surface area contributed by atoms with E-state index in [2.05, 4.69) is 5.32 Å². The van der Waals surface area contributed by atoms with Crippen LogP contribution in [0.1, 0.15) is 35.2 Å². The van der Waals surface area contributed by atoms with Crippen LogP contribution in [0, 0.1) is 0 Å². The van der Waals surface area contributed by atoms with Gasteiger partial charge in [0.25, 0.3) is 0 Å². The van der Waals surface area contributed by atoms with Crippen LogP contribution < -0.4 is 14.8 Å². The van der Waals surface area contributed by atoms with Crippen LogP contribution in [0.3, 0.4) is 0 Å². The molecular formula is C19H20F3NO2. The zero-order chi connectivity index (χ0) is 18.0. The summed E-state index contributed by atoms with van der Waals surface area (Å²) in [6.07, 6.45) is -3.55. The van der Waals surface area contributed by atoms with Gasteiger partial charge in [-0.1, -0.05) is 18.2 Å². The van der Waals surface area contributed by atoms with Crippen LogP contribution in [-0.4, -0.2) is 20.3 Å². The Morgan fingerprint density at radius 3 is 2.44 bits per heavy atom. The molecule has 134 valence electrons. The number of benzene rings is 2. The molecule has 2 aromatic carbocycles. The maximum Gasteiger partial charge on any atom is 0.416 e. The van der Waals surface area contributed by atoms with E-state index in [9.17, 15) is 13.2 Å². The summed E-state index contributed by atoms with van der Waals surface area (Å²) in [5, 5.41) is 3.38. The summed E-state index contributed by atoms with van der Waals surface area (Å²) < 4.78 is 49.5. The van der Waals surface area contributed by atoms with Gasteiger partial charge in [0, 0.05) is 12.1 Å². The van der Waals surface area contributed by atoms with Gasteiger partial charge in [-0.2, -0.15) is 13.2 Å². The molecule has 0 fully saturated rings. The first kappa shape index (κ1) is 17.6. The van der Waals surface area contributed by atoms with E-state index in [1.165, 1.54) is 12.1 Å². The van der Waals surface area contributed by atoms with Crippen LogP contribution in [0.5, 0.6) is 11.5 Å². The average Bonchev–Trinajstić information content (AvgIpc) is 2.61. The highest BCUT2D eigenvalue weighted by Crippen LogP contribution is 2.40. The highest BCUT2D eigenvalue weighted by atomic mass is 19.4. The van der Waals surface area contributed by atoms with Crippen molar-refractivity contribution in [2.45, 2.75) is 25.6 Å². The maximum absolute atomic E-state index is 12.8. The minimum atomic E-state index is -4.33. The fraction of sp³-hybridized carbons (Fsp3) is 0.368. The molecule has 0 bridgehead atoms. The SMILES string of the molecule is CCOc1c(OC)ccc2c1CCNC2c1ccc(C(F)(F)F)cc1. The molecule has 1 unspecified atom stereocenters. The number of methoxy groups -OCH3 is 1. The molecule has 1 heterocycles. The van der Waals surface area contributed by atoms with E-state index in [4.69, 9.17) is 9.47 Å². The molecule has 0 saturated heterocycles. The quantitative estimate of drug-likeness (QED) is 0.888. The summed E-state index contributed by atoms with van der Waals surface area (Å²) in [5.41, 5.74) is 2.21. The third-order valence-electron chi connectivity index (χ3n) is 4.38. The molecule has 0 aliphatic carbocycles. The van der Waals surface area contributed by atoms with Crippen molar-refractivity contribution in [1.82, 2.24) is 5.32 Å². The van der Waals surface area contributed by atoms with Gasteiger partial charge in [-0.25, -0.2) is 0 Å². The molecular weight excluding hydrogens is 331 g/mol. The van der Waals surface area contributed by atoms with Crippen molar-refractivity contribution in [3.05, 3.63) is 58.7 Å². The Morgan fingerprint density at radius 2 is 1.84 bits per heavy atom. The Bertz CT molecular complexity index is 742. The van der Waals surface area contributed by atoms with E-state index in [1.54, 1.807) is 7.11 Å². The predicted octanol–water partition coefficient (Wildman–Crippen LogP) is 4.35. The van der Waals surface area contributed by atoms with E-state index in [-0.39, 0.29) is 6.04 Å². The minimum Gasteiger partial charge on any atom is -0.493 e. The maximum atomic E-state index is 12.8. The molecule has 1 aliphatic heterocycles. The summed E-state index contributed by atoms with van der Waals surface area (Å²) in [7, 11) is 1.60. The van der Waals surface area contributed by atoms with Gasteiger partial charge < -0.3 is 14.8 Å². The second-order valence-electron chi connectivity index (χ2n) is 5.85. The summed E-state index contributed by atoms with van der Waals surface area (Å²) in [6, 6.07) is 8.92. The largest absolute Gasteiger partial charge is 0.493 e. The molecule has 25 heavy (non-hydrogen) atoms. The zero-order valence-corrected chi connectivity index (χ0v) is 14.1. The molecule has 0 aromatic heterocycles. The molecule has 1 aliphatic rings. The molecule has 0 spiro atoms. The number of halogens is 3.